The van der Waals surface area contributed by atoms with E-state index in [0.29, 0.717) is 10.8 Å². The molecule has 7 heteroatoms. The molecule has 6 nitrogen and oxygen atoms in total. The molecule has 134 valence electrons. The van der Waals surface area contributed by atoms with Gasteiger partial charge in [0.05, 0.1) is 12.1 Å². The summed E-state index contributed by atoms with van der Waals surface area (Å²) >= 11 is 1.26. The van der Waals surface area contributed by atoms with Gasteiger partial charge in [-0.3, -0.25) is 9.59 Å². The average molecular weight is 361 g/mol. The lowest BCUT2D eigenvalue weighted by atomic mass is 10.1. The molecule has 1 unspecified atom stereocenters. The number of amides is 1. The van der Waals surface area contributed by atoms with Gasteiger partial charge in [-0.15, -0.1) is 11.3 Å². The monoisotopic (exact) mass is 361 g/mol. The molecule has 0 aliphatic heterocycles. The summed E-state index contributed by atoms with van der Waals surface area (Å²) in [5.41, 5.74) is 8.53. The molecule has 1 aromatic heterocycles. The highest BCUT2D eigenvalue weighted by atomic mass is 32.1. The Balaban J connectivity index is 1.99. The number of esters is 1. The normalized spacial score (nSPS) is 11.8. The van der Waals surface area contributed by atoms with Crippen molar-refractivity contribution < 1.29 is 14.3 Å². The van der Waals surface area contributed by atoms with E-state index in [1.165, 1.54) is 11.3 Å². The number of carbonyl (C=O) groups excluding carboxylic acids is 2. The molecule has 0 radical (unpaired) electrons. The van der Waals surface area contributed by atoms with Crippen LogP contribution in [0.4, 0.5) is 5.13 Å². The number of thiazole rings is 1. The first kappa shape index (κ1) is 18.9. The number of aryl methyl sites for hydroxylation is 1. The third-order valence-corrected chi connectivity index (χ3v) is 4.61. The molecular weight excluding hydrogens is 338 g/mol. The second-order valence-electron chi connectivity index (χ2n) is 5.90. The van der Waals surface area contributed by atoms with Crippen molar-refractivity contribution >= 4 is 28.3 Å². The number of nitrogen functional groups attached to an aromatic ring is 1. The molecule has 0 aliphatic rings. The number of aromatic nitrogens is 1. The minimum atomic E-state index is -0.476. The smallest absolute Gasteiger partial charge is 0.311 e. The fraction of sp³-hybridized carbons (Fsp3) is 0.389. The lowest BCUT2D eigenvalue weighted by Crippen LogP contribution is -2.35. The fourth-order valence-corrected chi connectivity index (χ4v) is 3.01. The number of hydrogen-bond acceptors (Lipinski definition) is 6. The molecule has 25 heavy (non-hydrogen) atoms. The quantitative estimate of drug-likeness (QED) is 0.740. The van der Waals surface area contributed by atoms with Gasteiger partial charge in [0.15, 0.2) is 11.7 Å². The Morgan fingerprint density at radius 3 is 2.64 bits per heavy atom. The zero-order valence-electron chi connectivity index (χ0n) is 14.7. The van der Waals surface area contributed by atoms with Crippen LogP contribution in [0.5, 0.6) is 0 Å². The number of benzene rings is 1. The first-order valence-electron chi connectivity index (χ1n) is 8.16. The van der Waals surface area contributed by atoms with Crippen LogP contribution < -0.4 is 11.1 Å². The van der Waals surface area contributed by atoms with Crippen LogP contribution in [-0.2, 0) is 20.7 Å². The Labute approximate surface area is 151 Å². The molecule has 3 N–H and O–H groups in total. The van der Waals surface area contributed by atoms with Crippen LogP contribution in [0.3, 0.4) is 0 Å². The average Bonchev–Trinajstić information content (AvgIpc) is 2.93. The molecule has 1 amide bonds. The molecule has 2 aromatic rings. The van der Waals surface area contributed by atoms with Gasteiger partial charge in [0.1, 0.15) is 0 Å². The molecule has 0 fully saturated rings. The Morgan fingerprint density at radius 1 is 1.32 bits per heavy atom. The van der Waals surface area contributed by atoms with E-state index in [-0.39, 0.29) is 25.0 Å². The molecule has 0 aliphatic carbocycles. The van der Waals surface area contributed by atoms with Gasteiger partial charge < -0.3 is 15.8 Å². The molecule has 0 spiro atoms. The molecule has 1 aromatic carbocycles. The highest BCUT2D eigenvalue weighted by Crippen LogP contribution is 2.30. The predicted molar refractivity (Wildman–Crippen MR) is 99.3 cm³/mol. The summed E-state index contributed by atoms with van der Waals surface area (Å²) in [5.74, 6) is -0.776. The van der Waals surface area contributed by atoms with E-state index in [9.17, 15) is 9.59 Å². The fourth-order valence-electron chi connectivity index (χ4n) is 2.17. The highest BCUT2D eigenvalue weighted by Gasteiger charge is 2.17. The molecule has 2 rings (SSSR count). The van der Waals surface area contributed by atoms with Crippen molar-refractivity contribution in [2.24, 2.45) is 0 Å². The summed E-state index contributed by atoms with van der Waals surface area (Å²) < 4.78 is 5.06. The van der Waals surface area contributed by atoms with Crippen LogP contribution >= 0.6 is 11.3 Å². The molecular formula is C18H23N3O3S. The van der Waals surface area contributed by atoms with Gasteiger partial charge >= 0.3 is 5.97 Å². The molecule has 0 saturated heterocycles. The van der Waals surface area contributed by atoms with E-state index in [0.717, 1.165) is 22.4 Å². The van der Waals surface area contributed by atoms with Crippen LogP contribution in [0.1, 0.15) is 30.7 Å². The van der Waals surface area contributed by atoms with Gasteiger partial charge in [-0.05, 0) is 20.3 Å². The number of hydrogen-bond donors (Lipinski definition) is 2. The summed E-state index contributed by atoms with van der Waals surface area (Å²) in [6, 6.07) is 7.90. The lowest BCUT2D eigenvalue weighted by molar-refractivity contribution is -0.148. The number of nitrogens with one attached hydrogen (secondary N) is 1. The van der Waals surface area contributed by atoms with Crippen molar-refractivity contribution in [1.29, 1.82) is 0 Å². The van der Waals surface area contributed by atoms with Gasteiger partial charge in [0.2, 0.25) is 0 Å². The number of nitrogens with zero attached hydrogens (tertiary/aromatic N) is 1. The summed E-state index contributed by atoms with van der Waals surface area (Å²) in [6.45, 7) is 5.59. The maximum absolute atomic E-state index is 12.1. The number of ether oxygens (including phenoxy) is 1. The van der Waals surface area contributed by atoms with E-state index in [2.05, 4.69) is 10.3 Å². The highest BCUT2D eigenvalue weighted by molar-refractivity contribution is 7.15. The zero-order valence-corrected chi connectivity index (χ0v) is 15.5. The second kappa shape index (κ2) is 8.62. The van der Waals surface area contributed by atoms with Crippen molar-refractivity contribution in [2.45, 2.75) is 39.7 Å². The van der Waals surface area contributed by atoms with Crippen molar-refractivity contribution in [3.8, 4) is 11.3 Å². The first-order valence-corrected chi connectivity index (χ1v) is 8.98. The molecule has 1 heterocycles. The third kappa shape index (κ3) is 5.56. The van der Waals surface area contributed by atoms with Crippen LogP contribution in [0.15, 0.2) is 24.3 Å². The van der Waals surface area contributed by atoms with E-state index in [1.54, 1.807) is 0 Å². The largest absolute Gasteiger partial charge is 0.455 e. The third-order valence-electron chi connectivity index (χ3n) is 3.73. The van der Waals surface area contributed by atoms with E-state index in [4.69, 9.17) is 10.5 Å². The number of carbonyl (C=O) groups is 2. The lowest BCUT2D eigenvalue weighted by Gasteiger charge is -2.11. The first-order chi connectivity index (χ1) is 11.9. The Kier molecular flexibility index (Phi) is 6.52. The SMILES string of the molecule is CCC(C)NC(=O)COC(=O)Cc1sc(N)nc1-c1ccc(C)cc1. The van der Waals surface area contributed by atoms with Crippen LogP contribution in [0, 0.1) is 6.92 Å². The van der Waals surface area contributed by atoms with E-state index in [1.807, 2.05) is 45.0 Å². The topological polar surface area (TPSA) is 94.3 Å². The second-order valence-corrected chi connectivity index (χ2v) is 7.02. The standard InChI is InChI=1S/C18H23N3O3S/c1-4-12(3)20-15(22)10-24-16(23)9-14-17(21-18(19)25-14)13-7-5-11(2)6-8-13/h5-8,12H,4,9-10H2,1-3H3,(H2,19,21)(H,20,22). The minimum Gasteiger partial charge on any atom is -0.455 e. The molecule has 0 saturated carbocycles. The zero-order chi connectivity index (χ0) is 18.4. The predicted octanol–water partition coefficient (Wildman–Crippen LogP) is 2.70. The Hall–Kier alpha value is -2.41. The summed E-state index contributed by atoms with van der Waals surface area (Å²) in [6.07, 6.45) is 0.856. The van der Waals surface area contributed by atoms with Crippen LogP contribution in [-0.4, -0.2) is 29.5 Å². The van der Waals surface area contributed by atoms with Crippen LogP contribution in [0.2, 0.25) is 0 Å². The summed E-state index contributed by atoms with van der Waals surface area (Å²) in [7, 11) is 0. The van der Waals surface area contributed by atoms with Crippen molar-refractivity contribution in [3.63, 3.8) is 0 Å². The van der Waals surface area contributed by atoms with Crippen LogP contribution in [0.25, 0.3) is 11.3 Å². The van der Waals surface area contributed by atoms with Gasteiger partial charge in [0.25, 0.3) is 5.91 Å². The van der Waals surface area contributed by atoms with Gasteiger partial charge in [-0.1, -0.05) is 36.8 Å². The van der Waals surface area contributed by atoms with Gasteiger partial charge in [-0.2, -0.15) is 0 Å². The van der Waals surface area contributed by atoms with Gasteiger partial charge in [-0.25, -0.2) is 4.98 Å². The minimum absolute atomic E-state index is 0.0364. The number of anilines is 1. The maximum atomic E-state index is 12.1. The van der Waals surface area contributed by atoms with E-state index < -0.39 is 5.97 Å². The maximum Gasteiger partial charge on any atom is 0.311 e. The van der Waals surface area contributed by atoms with E-state index >= 15 is 0 Å². The molecule has 1 atom stereocenters. The summed E-state index contributed by atoms with van der Waals surface area (Å²) in [4.78, 5) is 28.8. The Morgan fingerprint density at radius 2 is 2.00 bits per heavy atom. The Bertz CT molecular complexity index is 741. The summed E-state index contributed by atoms with van der Waals surface area (Å²) in [5, 5.41) is 3.15. The number of nitrogens with two attached hydrogens (primary N) is 1. The van der Waals surface area contributed by atoms with Gasteiger partial charge in [0, 0.05) is 16.5 Å². The van der Waals surface area contributed by atoms with Crippen molar-refractivity contribution in [3.05, 3.63) is 34.7 Å². The van der Waals surface area contributed by atoms with Crippen molar-refractivity contribution in [1.82, 2.24) is 10.3 Å². The number of rotatable bonds is 7. The molecule has 0 bridgehead atoms. The van der Waals surface area contributed by atoms with Crippen molar-refractivity contribution in [2.75, 3.05) is 12.3 Å².